The van der Waals surface area contributed by atoms with Gasteiger partial charge in [0.1, 0.15) is 34.0 Å². The molecule has 0 aliphatic heterocycles. The first-order valence-electron chi connectivity index (χ1n) is 8.16. The second-order valence-electron chi connectivity index (χ2n) is 6.01. The normalized spacial score (nSPS) is 11.3. The summed E-state index contributed by atoms with van der Waals surface area (Å²) >= 11 is 1.35. The number of nitrogens with zero attached hydrogens (tertiary/aromatic N) is 3. The van der Waals surface area contributed by atoms with Gasteiger partial charge in [-0.05, 0) is 31.2 Å². The Kier molecular flexibility index (Phi) is 4.38. The number of benzene rings is 1. The summed E-state index contributed by atoms with van der Waals surface area (Å²) in [5.74, 6) is 1.86. The molecule has 0 bridgehead atoms. The Hall–Kier alpha value is -2.80. The number of carbonyl (C=O) groups excluding carboxylic acids is 1. The van der Waals surface area contributed by atoms with Crippen LogP contribution < -0.4 is 0 Å². The quantitative estimate of drug-likeness (QED) is 0.392. The smallest absolute Gasteiger partial charge is 0.233 e. The molecule has 4 rings (SSSR count). The van der Waals surface area contributed by atoms with E-state index in [1.54, 1.807) is 11.9 Å². The molecule has 0 aliphatic rings. The number of aromatic nitrogens is 2. The molecule has 26 heavy (non-hydrogen) atoms. The molecular formula is C19H17N3O3S. The van der Waals surface area contributed by atoms with Crippen LogP contribution in [-0.4, -0.2) is 33.6 Å². The molecule has 0 saturated carbocycles. The summed E-state index contributed by atoms with van der Waals surface area (Å²) in [7, 11) is 1.76. The van der Waals surface area contributed by atoms with Crippen molar-refractivity contribution in [3.05, 3.63) is 54.2 Å². The van der Waals surface area contributed by atoms with E-state index in [0.717, 1.165) is 28.0 Å². The third kappa shape index (κ3) is 3.17. The van der Waals surface area contributed by atoms with Crippen LogP contribution in [0.1, 0.15) is 11.5 Å². The van der Waals surface area contributed by atoms with Gasteiger partial charge in [-0.3, -0.25) is 4.79 Å². The van der Waals surface area contributed by atoms with Gasteiger partial charge in [0.05, 0.1) is 12.3 Å². The first-order chi connectivity index (χ1) is 12.6. The number of furan rings is 2. The largest absolute Gasteiger partial charge is 0.464 e. The number of rotatable bonds is 5. The highest BCUT2D eigenvalue weighted by Gasteiger charge is 2.16. The fraction of sp³-hybridized carbons (Fsp3) is 0.211. The molecule has 0 N–H and O–H groups in total. The topological polar surface area (TPSA) is 72.4 Å². The van der Waals surface area contributed by atoms with Gasteiger partial charge in [-0.25, -0.2) is 9.97 Å². The van der Waals surface area contributed by atoms with Crippen molar-refractivity contribution in [3.8, 4) is 0 Å². The summed E-state index contributed by atoms with van der Waals surface area (Å²) in [6.07, 6.45) is 1.51. The molecule has 0 fully saturated rings. The summed E-state index contributed by atoms with van der Waals surface area (Å²) in [6.45, 7) is 2.33. The fourth-order valence-corrected chi connectivity index (χ4v) is 3.61. The van der Waals surface area contributed by atoms with Crippen LogP contribution >= 0.6 is 11.8 Å². The molecule has 132 valence electrons. The van der Waals surface area contributed by atoms with Crippen molar-refractivity contribution in [2.75, 3.05) is 12.8 Å². The number of amides is 1. The van der Waals surface area contributed by atoms with Crippen molar-refractivity contribution in [2.24, 2.45) is 0 Å². The zero-order valence-electron chi connectivity index (χ0n) is 14.4. The van der Waals surface area contributed by atoms with Gasteiger partial charge >= 0.3 is 0 Å². The molecule has 4 aromatic rings. The predicted molar refractivity (Wildman–Crippen MR) is 100.0 cm³/mol. The summed E-state index contributed by atoms with van der Waals surface area (Å²) in [6, 6.07) is 11.5. The molecule has 0 spiro atoms. The molecule has 3 aromatic heterocycles. The van der Waals surface area contributed by atoms with Crippen LogP contribution in [0.3, 0.4) is 0 Å². The van der Waals surface area contributed by atoms with Gasteiger partial charge < -0.3 is 13.7 Å². The second-order valence-corrected chi connectivity index (χ2v) is 6.97. The lowest BCUT2D eigenvalue weighted by atomic mass is 10.2. The average molecular weight is 367 g/mol. The molecule has 3 heterocycles. The van der Waals surface area contributed by atoms with Crippen molar-refractivity contribution >= 4 is 39.7 Å². The van der Waals surface area contributed by atoms with E-state index >= 15 is 0 Å². The Balaban J connectivity index is 1.49. The molecule has 1 aromatic carbocycles. The van der Waals surface area contributed by atoms with Gasteiger partial charge in [0.2, 0.25) is 5.91 Å². The number of carbonyl (C=O) groups is 1. The van der Waals surface area contributed by atoms with Crippen LogP contribution in [0.15, 0.2) is 56.6 Å². The van der Waals surface area contributed by atoms with E-state index in [2.05, 4.69) is 9.97 Å². The van der Waals surface area contributed by atoms with Crippen molar-refractivity contribution in [1.82, 2.24) is 14.9 Å². The highest BCUT2D eigenvalue weighted by molar-refractivity contribution is 8.00. The van der Waals surface area contributed by atoms with E-state index < -0.39 is 0 Å². The molecule has 0 aliphatic carbocycles. The van der Waals surface area contributed by atoms with E-state index in [4.69, 9.17) is 8.83 Å². The number of thioether (sulfide) groups is 1. The Morgan fingerprint density at radius 3 is 2.81 bits per heavy atom. The third-order valence-corrected chi connectivity index (χ3v) is 5.03. The zero-order valence-corrected chi connectivity index (χ0v) is 15.2. The number of aryl methyl sites for hydroxylation is 1. The number of hydrogen-bond acceptors (Lipinski definition) is 6. The van der Waals surface area contributed by atoms with Gasteiger partial charge in [-0.1, -0.05) is 23.9 Å². The first-order valence-corrected chi connectivity index (χ1v) is 9.14. The van der Waals surface area contributed by atoms with Crippen LogP contribution in [0.25, 0.3) is 22.1 Å². The summed E-state index contributed by atoms with van der Waals surface area (Å²) in [5.41, 5.74) is 2.15. The van der Waals surface area contributed by atoms with E-state index in [0.29, 0.717) is 17.2 Å². The van der Waals surface area contributed by atoms with Crippen molar-refractivity contribution in [2.45, 2.75) is 18.5 Å². The first kappa shape index (κ1) is 16.7. The Morgan fingerprint density at radius 1 is 1.15 bits per heavy atom. The summed E-state index contributed by atoms with van der Waals surface area (Å²) in [5, 5.41) is 1.62. The maximum atomic E-state index is 12.4. The minimum absolute atomic E-state index is 0.00748. The lowest BCUT2D eigenvalue weighted by Gasteiger charge is -2.15. The van der Waals surface area contributed by atoms with E-state index in [1.165, 1.54) is 18.1 Å². The highest BCUT2D eigenvalue weighted by Crippen LogP contribution is 2.32. The maximum Gasteiger partial charge on any atom is 0.233 e. The summed E-state index contributed by atoms with van der Waals surface area (Å²) in [4.78, 5) is 22.7. The standard InChI is InChI=1S/C19H17N3O3S/c1-12-7-8-13(24-12)9-22(2)16(23)10-26-19-18-17(20-11-21-19)14-5-3-4-6-15(14)25-18/h3-8,11H,9-10H2,1-2H3. The van der Waals surface area contributed by atoms with Crippen molar-refractivity contribution in [3.63, 3.8) is 0 Å². The van der Waals surface area contributed by atoms with Gasteiger partial charge in [-0.15, -0.1) is 0 Å². The van der Waals surface area contributed by atoms with E-state index in [1.807, 2.05) is 43.3 Å². The molecule has 0 saturated heterocycles. The molecule has 0 atom stereocenters. The molecule has 1 amide bonds. The monoisotopic (exact) mass is 367 g/mol. The van der Waals surface area contributed by atoms with Crippen molar-refractivity contribution in [1.29, 1.82) is 0 Å². The number of fused-ring (bicyclic) bond motifs is 3. The van der Waals surface area contributed by atoms with Crippen LogP contribution in [0, 0.1) is 6.92 Å². The molecule has 6 nitrogen and oxygen atoms in total. The predicted octanol–water partition coefficient (Wildman–Crippen LogP) is 4.03. The Labute approximate surface area is 154 Å². The molecule has 7 heteroatoms. The minimum atomic E-state index is -0.00748. The summed E-state index contributed by atoms with van der Waals surface area (Å²) < 4.78 is 11.4. The van der Waals surface area contributed by atoms with Gasteiger partial charge in [-0.2, -0.15) is 0 Å². The molecule has 0 unspecified atom stereocenters. The molecule has 0 radical (unpaired) electrons. The van der Waals surface area contributed by atoms with E-state index in [-0.39, 0.29) is 11.7 Å². The average Bonchev–Trinajstić information content (AvgIpc) is 3.23. The number of para-hydroxylation sites is 1. The number of hydrogen-bond donors (Lipinski definition) is 0. The lowest BCUT2D eigenvalue weighted by Crippen LogP contribution is -2.27. The van der Waals surface area contributed by atoms with Crippen LogP contribution in [0.5, 0.6) is 0 Å². The van der Waals surface area contributed by atoms with Crippen molar-refractivity contribution < 1.29 is 13.6 Å². The van der Waals surface area contributed by atoms with Gasteiger partial charge in [0, 0.05) is 12.4 Å². The zero-order chi connectivity index (χ0) is 18.1. The maximum absolute atomic E-state index is 12.4. The Morgan fingerprint density at radius 2 is 2.00 bits per heavy atom. The van der Waals surface area contributed by atoms with Crippen LogP contribution in [0.4, 0.5) is 0 Å². The Bertz CT molecular complexity index is 1090. The van der Waals surface area contributed by atoms with Gasteiger partial charge in [0.15, 0.2) is 5.58 Å². The second kappa shape index (κ2) is 6.84. The lowest BCUT2D eigenvalue weighted by molar-refractivity contribution is -0.127. The van der Waals surface area contributed by atoms with E-state index in [9.17, 15) is 4.79 Å². The minimum Gasteiger partial charge on any atom is -0.464 e. The highest BCUT2D eigenvalue weighted by atomic mass is 32.2. The van der Waals surface area contributed by atoms with Crippen LogP contribution in [0.2, 0.25) is 0 Å². The third-order valence-electron chi connectivity index (χ3n) is 4.07. The van der Waals surface area contributed by atoms with Gasteiger partial charge in [0.25, 0.3) is 0 Å². The fourth-order valence-electron chi connectivity index (χ4n) is 2.74. The van der Waals surface area contributed by atoms with Crippen LogP contribution in [-0.2, 0) is 11.3 Å². The SMILES string of the molecule is Cc1ccc(CN(C)C(=O)CSc2ncnc3c2oc2ccccc23)o1. The molecular weight excluding hydrogens is 350 g/mol.